The predicted octanol–water partition coefficient (Wildman–Crippen LogP) is 6.75. The number of carboxylic acid groups (broad SMARTS) is 1. The second-order valence-corrected chi connectivity index (χ2v) is 12.0. The summed E-state index contributed by atoms with van der Waals surface area (Å²) < 4.78 is 41.8. The molecule has 1 amide bonds. The minimum absolute atomic E-state index is 0.124. The lowest BCUT2D eigenvalue weighted by Crippen LogP contribution is -2.38. The van der Waals surface area contributed by atoms with Crippen LogP contribution in [0.1, 0.15) is 64.3 Å². The second kappa shape index (κ2) is 11.5. The molecule has 224 valence electrons. The number of anilines is 1. The van der Waals surface area contributed by atoms with Crippen LogP contribution in [0, 0.1) is 12.8 Å². The highest BCUT2D eigenvalue weighted by molar-refractivity contribution is 7.13. The molecule has 0 atom stereocenters. The van der Waals surface area contributed by atoms with Crippen molar-refractivity contribution in [2.45, 2.75) is 51.2 Å². The lowest BCUT2D eigenvalue weighted by molar-refractivity contribution is -0.143. The summed E-state index contributed by atoms with van der Waals surface area (Å²) in [4.78, 5) is 31.0. The maximum atomic E-state index is 13.8. The van der Waals surface area contributed by atoms with Gasteiger partial charge in [0.2, 0.25) is 5.91 Å². The number of nitrogens with one attached hydrogen (secondary N) is 1. The van der Waals surface area contributed by atoms with Crippen molar-refractivity contribution in [1.29, 1.82) is 0 Å². The van der Waals surface area contributed by atoms with E-state index >= 15 is 0 Å². The molecule has 8 nitrogen and oxygen atoms in total. The largest absolute Gasteiger partial charge is 0.478 e. The number of aromatic carboxylic acids is 1. The van der Waals surface area contributed by atoms with Gasteiger partial charge in [-0.1, -0.05) is 18.2 Å². The van der Waals surface area contributed by atoms with E-state index in [0.717, 1.165) is 60.5 Å². The molecule has 1 aromatic carbocycles. The van der Waals surface area contributed by atoms with Gasteiger partial charge in [-0.2, -0.15) is 18.3 Å². The number of benzene rings is 1. The first-order chi connectivity index (χ1) is 20.6. The van der Waals surface area contributed by atoms with Gasteiger partial charge in [0.05, 0.1) is 16.8 Å². The smallest absolute Gasteiger partial charge is 0.434 e. The number of hydrogen-bond acceptors (Lipinski definition) is 6. The minimum atomic E-state index is -4.93. The Bertz CT molecular complexity index is 1650. The number of halogens is 3. The van der Waals surface area contributed by atoms with E-state index in [9.17, 15) is 27.9 Å². The fourth-order valence-electron chi connectivity index (χ4n) is 5.61. The molecule has 2 fully saturated rings. The van der Waals surface area contributed by atoms with Gasteiger partial charge in [-0.15, -0.1) is 11.3 Å². The number of nitrogens with zero attached hydrogens (tertiary/aromatic N) is 4. The van der Waals surface area contributed by atoms with Gasteiger partial charge in [-0.05, 0) is 84.9 Å². The lowest BCUT2D eigenvalue weighted by atomic mass is 9.89. The van der Waals surface area contributed by atoms with Crippen molar-refractivity contribution in [2.75, 3.05) is 18.4 Å². The van der Waals surface area contributed by atoms with Crippen LogP contribution in [-0.4, -0.2) is 49.7 Å². The Balaban J connectivity index is 1.15. The Morgan fingerprint density at radius 3 is 2.44 bits per heavy atom. The normalized spacial score (nSPS) is 16.0. The third-order valence-electron chi connectivity index (χ3n) is 8.14. The first-order valence-electron chi connectivity index (χ1n) is 14.2. The maximum absolute atomic E-state index is 13.8. The quantitative estimate of drug-likeness (QED) is 0.229. The van der Waals surface area contributed by atoms with E-state index in [1.54, 1.807) is 12.1 Å². The number of alkyl halides is 3. The van der Waals surface area contributed by atoms with Crippen molar-refractivity contribution in [3.63, 3.8) is 0 Å². The lowest BCUT2D eigenvalue weighted by Gasteiger charge is -2.32. The molecular weight excluding hydrogens is 579 g/mol. The van der Waals surface area contributed by atoms with Gasteiger partial charge in [-0.25, -0.2) is 14.5 Å². The molecule has 1 saturated carbocycles. The highest BCUT2D eigenvalue weighted by Gasteiger charge is 2.41. The van der Waals surface area contributed by atoms with E-state index < -0.39 is 23.4 Å². The Morgan fingerprint density at radius 1 is 1.07 bits per heavy atom. The summed E-state index contributed by atoms with van der Waals surface area (Å²) in [6.07, 6.45) is -0.240. The van der Waals surface area contributed by atoms with Crippen molar-refractivity contribution >= 4 is 28.9 Å². The molecule has 1 aliphatic heterocycles. The van der Waals surface area contributed by atoms with Crippen LogP contribution in [0.15, 0.2) is 54.0 Å². The molecule has 0 unspecified atom stereocenters. The Hall–Kier alpha value is -4.19. The van der Waals surface area contributed by atoms with Gasteiger partial charge in [0, 0.05) is 31.2 Å². The van der Waals surface area contributed by atoms with E-state index in [-0.39, 0.29) is 11.7 Å². The summed E-state index contributed by atoms with van der Waals surface area (Å²) in [5, 5.41) is 18.4. The SMILES string of the molecule is Cc1csc(-c2cccc(-n3ncc(C(=O)O)c3C(F)(F)F)n2)c1CNc1ccc(C2CCN(C(=O)C3CC3)CC2)cc1. The van der Waals surface area contributed by atoms with Crippen molar-refractivity contribution < 1.29 is 27.9 Å². The van der Waals surface area contributed by atoms with Gasteiger partial charge >= 0.3 is 12.1 Å². The highest BCUT2D eigenvalue weighted by Crippen LogP contribution is 2.37. The molecule has 3 aromatic heterocycles. The minimum Gasteiger partial charge on any atom is -0.478 e. The summed E-state index contributed by atoms with van der Waals surface area (Å²) in [7, 11) is 0. The average Bonchev–Trinajstić information content (AvgIpc) is 3.63. The molecule has 12 heteroatoms. The zero-order valence-corrected chi connectivity index (χ0v) is 24.2. The van der Waals surface area contributed by atoms with Gasteiger partial charge in [0.1, 0.15) is 5.56 Å². The van der Waals surface area contributed by atoms with Crippen molar-refractivity contribution in [3.05, 3.63) is 82.0 Å². The summed E-state index contributed by atoms with van der Waals surface area (Å²) in [5.74, 6) is -0.820. The van der Waals surface area contributed by atoms with Crippen LogP contribution in [0.5, 0.6) is 0 Å². The molecular formula is C31H30F3N5O3S. The standard InChI is InChI=1S/C31H30F3N5O3S/c1-18-17-43-27(25-3-2-4-26(37-25)39-28(31(32,33)34)24(16-36-39)30(41)42)23(18)15-35-22-9-7-19(8-10-22)20-11-13-38(14-12-20)29(40)21-5-6-21/h2-4,7-10,16-17,20-21,35H,5-6,11-15H2,1H3,(H,41,42). The number of likely N-dealkylation sites (tertiary alicyclic amines) is 1. The van der Waals surface area contributed by atoms with Crippen molar-refractivity contribution in [2.24, 2.45) is 5.92 Å². The van der Waals surface area contributed by atoms with Crippen molar-refractivity contribution in [1.82, 2.24) is 19.7 Å². The molecule has 1 saturated heterocycles. The number of amides is 1. The molecule has 4 heterocycles. The number of hydrogen-bond donors (Lipinski definition) is 2. The van der Waals surface area contributed by atoms with E-state index in [2.05, 4.69) is 27.5 Å². The number of carboxylic acids is 1. The number of pyridine rings is 1. The van der Waals surface area contributed by atoms with Gasteiger partial charge < -0.3 is 15.3 Å². The highest BCUT2D eigenvalue weighted by atomic mass is 32.1. The summed E-state index contributed by atoms with van der Waals surface area (Å²) >= 11 is 1.44. The average molecular weight is 610 g/mol. The number of aryl methyl sites for hydroxylation is 1. The zero-order chi connectivity index (χ0) is 30.3. The molecule has 43 heavy (non-hydrogen) atoms. The molecule has 1 aliphatic carbocycles. The van der Waals surface area contributed by atoms with Gasteiger partial charge in [-0.3, -0.25) is 4.79 Å². The number of carbonyl (C=O) groups is 2. The number of thiophene rings is 1. The van der Waals surface area contributed by atoms with E-state index in [1.807, 2.05) is 29.3 Å². The number of piperidine rings is 1. The predicted molar refractivity (Wildman–Crippen MR) is 156 cm³/mol. The van der Waals surface area contributed by atoms with Crippen molar-refractivity contribution in [3.8, 4) is 16.4 Å². The van der Waals surface area contributed by atoms with E-state index in [1.165, 1.54) is 23.0 Å². The Kier molecular flexibility index (Phi) is 7.72. The molecule has 2 aliphatic rings. The topological polar surface area (TPSA) is 100 Å². The molecule has 2 N–H and O–H groups in total. The van der Waals surface area contributed by atoms with Crippen LogP contribution >= 0.6 is 11.3 Å². The van der Waals surface area contributed by atoms with E-state index in [4.69, 9.17) is 0 Å². The van der Waals surface area contributed by atoms with E-state index in [0.29, 0.717) is 34.9 Å². The Morgan fingerprint density at radius 2 is 1.79 bits per heavy atom. The molecule has 0 spiro atoms. The number of aromatic nitrogens is 3. The van der Waals surface area contributed by atoms with Crippen LogP contribution in [0.2, 0.25) is 0 Å². The fourth-order valence-corrected chi connectivity index (χ4v) is 6.65. The van der Waals surface area contributed by atoms with Crippen LogP contribution in [0.25, 0.3) is 16.4 Å². The second-order valence-electron chi connectivity index (χ2n) is 11.1. The number of rotatable bonds is 8. The monoisotopic (exact) mass is 609 g/mol. The first-order valence-corrected chi connectivity index (χ1v) is 15.0. The summed E-state index contributed by atoms with van der Waals surface area (Å²) in [6, 6.07) is 13.0. The van der Waals surface area contributed by atoms with Crippen LogP contribution in [0.3, 0.4) is 0 Å². The van der Waals surface area contributed by atoms with Crippen LogP contribution in [0.4, 0.5) is 18.9 Å². The number of carbonyl (C=O) groups excluding carboxylic acids is 1. The summed E-state index contributed by atoms with van der Waals surface area (Å²) in [5.41, 5.74) is 2.35. The third-order valence-corrected chi connectivity index (χ3v) is 9.30. The van der Waals surface area contributed by atoms with Crippen LogP contribution < -0.4 is 5.32 Å². The molecule has 4 aromatic rings. The fraction of sp³-hybridized carbons (Fsp3) is 0.355. The maximum Gasteiger partial charge on any atom is 0.434 e. The molecule has 0 radical (unpaired) electrons. The first kappa shape index (κ1) is 28.9. The summed E-state index contributed by atoms with van der Waals surface area (Å²) in [6.45, 7) is 4.08. The van der Waals surface area contributed by atoms with Gasteiger partial charge in [0.15, 0.2) is 11.5 Å². The molecule has 6 rings (SSSR count). The van der Waals surface area contributed by atoms with Crippen LogP contribution in [-0.2, 0) is 17.5 Å². The molecule has 0 bridgehead atoms. The Labute approximate surface area is 250 Å². The zero-order valence-electron chi connectivity index (χ0n) is 23.4. The third kappa shape index (κ3) is 6.01. The van der Waals surface area contributed by atoms with Gasteiger partial charge in [0.25, 0.3) is 0 Å².